The van der Waals surface area contributed by atoms with E-state index in [0.29, 0.717) is 17.4 Å². The molecular formula is C16H12F2N2O3S. The summed E-state index contributed by atoms with van der Waals surface area (Å²) in [5.74, 6) is -1.21. The maximum Gasteiger partial charge on any atom is 0.277 e. The molecule has 0 aliphatic heterocycles. The zero-order valence-corrected chi connectivity index (χ0v) is 13.6. The van der Waals surface area contributed by atoms with Crippen molar-refractivity contribution in [1.82, 2.24) is 10.2 Å². The number of rotatable bonds is 5. The Kier molecular flexibility index (Phi) is 4.48. The van der Waals surface area contributed by atoms with E-state index in [2.05, 4.69) is 10.2 Å². The van der Waals surface area contributed by atoms with Gasteiger partial charge in [-0.15, -0.1) is 10.2 Å². The topological polar surface area (TPSA) is 69.1 Å². The van der Waals surface area contributed by atoms with Crippen molar-refractivity contribution in [2.24, 2.45) is 0 Å². The number of ketones is 1. The van der Waals surface area contributed by atoms with E-state index < -0.39 is 22.7 Å². The van der Waals surface area contributed by atoms with Crippen LogP contribution >= 0.6 is 11.8 Å². The van der Waals surface area contributed by atoms with Crippen LogP contribution in [0.25, 0.3) is 11.5 Å². The largest absolute Gasteiger partial charge is 0.469 e. The van der Waals surface area contributed by atoms with Gasteiger partial charge in [-0.25, -0.2) is 8.78 Å². The van der Waals surface area contributed by atoms with Gasteiger partial charge in [0.25, 0.3) is 11.1 Å². The van der Waals surface area contributed by atoms with Gasteiger partial charge < -0.3 is 8.83 Å². The van der Waals surface area contributed by atoms with Crippen LogP contribution < -0.4 is 0 Å². The Morgan fingerprint density at radius 1 is 1.25 bits per heavy atom. The van der Waals surface area contributed by atoms with E-state index >= 15 is 0 Å². The summed E-state index contributed by atoms with van der Waals surface area (Å²) in [6.45, 7) is 3.35. The van der Waals surface area contributed by atoms with Crippen LogP contribution in [-0.4, -0.2) is 21.2 Å². The molecule has 2 aromatic heterocycles. The zero-order chi connectivity index (χ0) is 17.3. The molecule has 8 heteroatoms. The molecule has 3 rings (SSSR count). The number of hydrogen-bond acceptors (Lipinski definition) is 6. The summed E-state index contributed by atoms with van der Waals surface area (Å²) < 4.78 is 37.3. The van der Waals surface area contributed by atoms with Gasteiger partial charge in [0.05, 0.1) is 22.6 Å². The Morgan fingerprint density at radius 3 is 2.71 bits per heavy atom. The SMILES string of the molecule is Cc1occc1-c1nnc(S[C@@H](C)C(=O)c2ccc(F)cc2F)o1. The van der Waals surface area contributed by atoms with E-state index in [1.165, 1.54) is 6.26 Å². The maximum atomic E-state index is 13.7. The van der Waals surface area contributed by atoms with Crippen molar-refractivity contribution in [2.75, 3.05) is 0 Å². The summed E-state index contributed by atoms with van der Waals surface area (Å²) in [7, 11) is 0. The second-order valence-corrected chi connectivity index (χ2v) is 6.30. The zero-order valence-electron chi connectivity index (χ0n) is 12.7. The number of carbonyl (C=O) groups is 1. The van der Waals surface area contributed by atoms with Crippen molar-refractivity contribution >= 4 is 17.5 Å². The van der Waals surface area contributed by atoms with Gasteiger partial charge in [0.15, 0.2) is 5.78 Å². The lowest BCUT2D eigenvalue weighted by Crippen LogP contribution is -2.15. The minimum atomic E-state index is -0.896. The van der Waals surface area contributed by atoms with E-state index in [9.17, 15) is 13.6 Å². The minimum absolute atomic E-state index is 0.175. The molecule has 24 heavy (non-hydrogen) atoms. The predicted molar refractivity (Wildman–Crippen MR) is 82.7 cm³/mol. The molecule has 5 nitrogen and oxygen atoms in total. The molecule has 0 aliphatic rings. The van der Waals surface area contributed by atoms with Crippen LogP contribution in [0.2, 0.25) is 0 Å². The van der Waals surface area contributed by atoms with Gasteiger partial charge in [-0.05, 0) is 32.0 Å². The van der Waals surface area contributed by atoms with Gasteiger partial charge in [0, 0.05) is 6.07 Å². The number of Topliss-reactive ketones (excluding diaryl/α,β-unsaturated/α-hetero) is 1. The summed E-state index contributed by atoms with van der Waals surface area (Å²) in [6, 6.07) is 4.54. The fourth-order valence-electron chi connectivity index (χ4n) is 2.09. The summed E-state index contributed by atoms with van der Waals surface area (Å²) in [4.78, 5) is 12.3. The third-order valence-electron chi connectivity index (χ3n) is 3.34. The molecule has 1 aromatic carbocycles. The first kappa shape index (κ1) is 16.4. The number of nitrogens with zero attached hydrogens (tertiary/aromatic N) is 2. The molecule has 0 amide bonds. The van der Waals surface area contributed by atoms with Crippen LogP contribution in [0.15, 0.2) is 44.6 Å². The molecule has 0 N–H and O–H groups in total. The number of halogens is 2. The Morgan fingerprint density at radius 2 is 2.04 bits per heavy atom. The van der Waals surface area contributed by atoms with Gasteiger partial charge in [0.1, 0.15) is 17.4 Å². The fourth-order valence-corrected chi connectivity index (χ4v) is 2.84. The molecule has 0 aliphatic carbocycles. The number of carbonyl (C=O) groups excluding carboxylic acids is 1. The third-order valence-corrected chi connectivity index (χ3v) is 4.27. The van der Waals surface area contributed by atoms with E-state index in [-0.39, 0.29) is 16.7 Å². The molecular weight excluding hydrogens is 338 g/mol. The molecule has 0 unspecified atom stereocenters. The van der Waals surface area contributed by atoms with Gasteiger partial charge in [-0.2, -0.15) is 0 Å². The lowest BCUT2D eigenvalue weighted by atomic mass is 10.1. The standard InChI is InChI=1S/C16H12F2N2O3S/c1-8-11(5-6-22-8)15-19-20-16(23-15)24-9(2)14(21)12-4-3-10(17)7-13(12)18/h3-7,9H,1-2H3/t9-/m0/s1. The Balaban J connectivity index is 1.75. The highest BCUT2D eigenvalue weighted by Crippen LogP contribution is 2.29. The van der Waals surface area contributed by atoms with Crippen LogP contribution in [0.4, 0.5) is 8.78 Å². The van der Waals surface area contributed by atoms with Crippen molar-refractivity contribution in [1.29, 1.82) is 0 Å². The highest BCUT2D eigenvalue weighted by atomic mass is 32.2. The van der Waals surface area contributed by atoms with Crippen LogP contribution in [-0.2, 0) is 0 Å². The summed E-state index contributed by atoms with van der Waals surface area (Å²) in [6.07, 6.45) is 1.51. The van der Waals surface area contributed by atoms with E-state index in [1.807, 2.05) is 0 Å². The first-order chi connectivity index (χ1) is 11.5. The molecule has 2 heterocycles. The molecule has 0 fully saturated rings. The van der Waals surface area contributed by atoms with Crippen molar-refractivity contribution in [3.05, 3.63) is 53.5 Å². The minimum Gasteiger partial charge on any atom is -0.469 e. The van der Waals surface area contributed by atoms with Gasteiger partial charge >= 0.3 is 0 Å². The molecule has 0 spiro atoms. The van der Waals surface area contributed by atoms with E-state index in [0.717, 1.165) is 23.9 Å². The molecule has 0 bridgehead atoms. The monoisotopic (exact) mass is 350 g/mol. The first-order valence-corrected chi connectivity index (χ1v) is 7.87. The molecule has 0 radical (unpaired) electrons. The van der Waals surface area contributed by atoms with Gasteiger partial charge in [-0.3, -0.25) is 4.79 Å². The van der Waals surface area contributed by atoms with Crippen molar-refractivity contribution in [3.63, 3.8) is 0 Å². The Hall–Kier alpha value is -2.48. The normalized spacial score (nSPS) is 12.3. The second kappa shape index (κ2) is 6.56. The third kappa shape index (κ3) is 3.23. The molecule has 0 saturated carbocycles. The number of aromatic nitrogens is 2. The molecule has 3 aromatic rings. The smallest absolute Gasteiger partial charge is 0.277 e. The summed E-state index contributed by atoms with van der Waals surface area (Å²) in [5.41, 5.74) is 0.486. The fraction of sp³-hybridized carbons (Fsp3) is 0.188. The molecule has 1 atom stereocenters. The van der Waals surface area contributed by atoms with E-state index in [1.54, 1.807) is 19.9 Å². The first-order valence-electron chi connectivity index (χ1n) is 6.99. The van der Waals surface area contributed by atoms with Gasteiger partial charge in [0.2, 0.25) is 0 Å². The van der Waals surface area contributed by atoms with Gasteiger partial charge in [-0.1, -0.05) is 11.8 Å². The van der Waals surface area contributed by atoms with Crippen molar-refractivity contribution < 1.29 is 22.4 Å². The Bertz CT molecular complexity index is 891. The van der Waals surface area contributed by atoms with Crippen LogP contribution in [0, 0.1) is 18.6 Å². The lowest BCUT2D eigenvalue weighted by molar-refractivity contribution is 0.0989. The molecule has 124 valence electrons. The van der Waals surface area contributed by atoms with Crippen LogP contribution in [0.3, 0.4) is 0 Å². The quantitative estimate of drug-likeness (QED) is 0.505. The molecule has 0 saturated heterocycles. The van der Waals surface area contributed by atoms with E-state index in [4.69, 9.17) is 8.83 Å². The predicted octanol–water partition coefficient (Wildman–Crippen LogP) is 4.28. The number of furan rings is 1. The summed E-state index contributed by atoms with van der Waals surface area (Å²) in [5, 5.41) is 7.26. The number of thioether (sulfide) groups is 1. The van der Waals surface area contributed by atoms with Crippen LogP contribution in [0.5, 0.6) is 0 Å². The van der Waals surface area contributed by atoms with Crippen LogP contribution in [0.1, 0.15) is 23.0 Å². The number of benzene rings is 1. The highest BCUT2D eigenvalue weighted by molar-refractivity contribution is 8.00. The average Bonchev–Trinajstić information content (AvgIpc) is 3.15. The average molecular weight is 350 g/mol. The number of aryl methyl sites for hydroxylation is 1. The lowest BCUT2D eigenvalue weighted by Gasteiger charge is -2.08. The van der Waals surface area contributed by atoms with Crippen molar-refractivity contribution in [3.8, 4) is 11.5 Å². The Labute approximate surface area is 140 Å². The maximum absolute atomic E-state index is 13.7. The van der Waals surface area contributed by atoms with Crippen molar-refractivity contribution in [2.45, 2.75) is 24.3 Å². The summed E-state index contributed by atoms with van der Waals surface area (Å²) >= 11 is 1.00. The number of hydrogen-bond donors (Lipinski definition) is 0. The second-order valence-electron chi connectivity index (χ2n) is 5.01. The highest BCUT2D eigenvalue weighted by Gasteiger charge is 2.23.